The Bertz CT molecular complexity index is 721. The number of guanidine groups is 1. The first-order valence-electron chi connectivity index (χ1n) is 10.7. The summed E-state index contributed by atoms with van der Waals surface area (Å²) >= 11 is 0. The predicted octanol–water partition coefficient (Wildman–Crippen LogP) is 3.99. The molecule has 1 saturated carbocycles. The number of aryl methyl sites for hydroxylation is 1. The van der Waals surface area contributed by atoms with Crippen LogP contribution in [0.3, 0.4) is 0 Å². The molecule has 0 bridgehead atoms. The smallest absolute Gasteiger partial charge is 0.216 e. The van der Waals surface area contributed by atoms with Crippen molar-refractivity contribution in [3.8, 4) is 0 Å². The van der Waals surface area contributed by atoms with Crippen molar-refractivity contribution in [2.45, 2.75) is 83.9 Å². The summed E-state index contributed by atoms with van der Waals surface area (Å²) in [6.07, 6.45) is 8.64. The van der Waals surface area contributed by atoms with Gasteiger partial charge in [-0.25, -0.2) is 4.99 Å². The van der Waals surface area contributed by atoms with E-state index in [1.54, 1.807) is 7.11 Å². The summed E-state index contributed by atoms with van der Waals surface area (Å²) < 4.78 is 5.61. The largest absolute Gasteiger partial charge is 0.381 e. The minimum Gasteiger partial charge on any atom is -0.381 e. The Balaban J connectivity index is 2.00. The minimum absolute atomic E-state index is 0.00581. The first kappa shape index (κ1) is 20.8. The van der Waals surface area contributed by atoms with Crippen molar-refractivity contribution in [2.75, 3.05) is 7.11 Å². The summed E-state index contributed by atoms with van der Waals surface area (Å²) in [7, 11) is 1.81. The van der Waals surface area contributed by atoms with E-state index in [0.29, 0.717) is 12.1 Å². The number of nitrogens with zero attached hydrogens (tertiary/aromatic N) is 2. The molecule has 1 spiro atoms. The highest BCUT2D eigenvalue weighted by Gasteiger charge is 2.48. The van der Waals surface area contributed by atoms with Crippen molar-refractivity contribution in [1.82, 2.24) is 4.90 Å². The minimum atomic E-state index is -0.00581. The van der Waals surface area contributed by atoms with Crippen LogP contribution >= 0.6 is 0 Å². The van der Waals surface area contributed by atoms with Crippen LogP contribution < -0.4 is 5.73 Å². The molecule has 1 aromatic rings. The molecule has 1 aromatic carbocycles. The van der Waals surface area contributed by atoms with Crippen LogP contribution in [0.15, 0.2) is 23.2 Å². The van der Waals surface area contributed by atoms with E-state index in [1.807, 2.05) is 13.8 Å². The third-order valence-electron chi connectivity index (χ3n) is 6.62. The molecule has 0 aromatic heterocycles. The van der Waals surface area contributed by atoms with E-state index < -0.39 is 0 Å². The van der Waals surface area contributed by atoms with Crippen LogP contribution in [0.5, 0.6) is 0 Å². The van der Waals surface area contributed by atoms with Gasteiger partial charge in [-0.2, -0.15) is 0 Å². The van der Waals surface area contributed by atoms with Gasteiger partial charge < -0.3 is 10.5 Å². The highest BCUT2D eigenvalue weighted by Crippen LogP contribution is 2.56. The third-order valence-corrected chi connectivity index (χ3v) is 6.62. The molecular formula is C23H35N3O2. The average molecular weight is 386 g/mol. The highest BCUT2D eigenvalue weighted by molar-refractivity contribution is 5.88. The fourth-order valence-electron chi connectivity index (χ4n) is 5.01. The molecule has 0 saturated heterocycles. The predicted molar refractivity (Wildman–Crippen MR) is 113 cm³/mol. The maximum absolute atomic E-state index is 11.5. The quantitative estimate of drug-likeness (QED) is 0.457. The Morgan fingerprint density at radius 2 is 2.11 bits per heavy atom. The number of carbonyl (C=O) groups excluding carboxylic acids is 1. The van der Waals surface area contributed by atoms with Gasteiger partial charge in [0.25, 0.3) is 0 Å². The number of carbonyl (C=O) groups is 1. The molecule has 5 nitrogen and oxygen atoms in total. The standard InChI is InChI=1S/C23H35N3O2/c1-5-6-17-7-8-18-14-23(11-9-19(28-4)10-12-23)21(20(18)13-17)25-22(24)26(15-27)16(2)3/h7-8,13,15-16,19,21H,5-6,9-12,14H2,1-4H3,(H2,24,25)/t19-,21?,23-. The maximum Gasteiger partial charge on any atom is 0.216 e. The zero-order valence-electron chi connectivity index (χ0n) is 17.8. The molecule has 2 aliphatic carbocycles. The molecule has 28 heavy (non-hydrogen) atoms. The normalized spacial score (nSPS) is 27.2. The lowest BCUT2D eigenvalue weighted by Gasteiger charge is -2.40. The fraction of sp³-hybridized carbons (Fsp3) is 0.652. The molecule has 154 valence electrons. The monoisotopic (exact) mass is 385 g/mol. The summed E-state index contributed by atoms with van der Waals surface area (Å²) in [5.74, 6) is 0.331. The van der Waals surface area contributed by atoms with Gasteiger partial charge >= 0.3 is 0 Å². The molecule has 2 N–H and O–H groups in total. The Morgan fingerprint density at radius 1 is 1.39 bits per heavy atom. The molecule has 1 unspecified atom stereocenters. The number of hydrogen-bond donors (Lipinski definition) is 1. The van der Waals surface area contributed by atoms with Crippen LogP contribution in [0.4, 0.5) is 0 Å². The van der Waals surface area contributed by atoms with E-state index in [0.717, 1.165) is 51.4 Å². The highest BCUT2D eigenvalue weighted by atomic mass is 16.5. The van der Waals surface area contributed by atoms with Gasteiger partial charge in [-0.05, 0) is 69.1 Å². The van der Waals surface area contributed by atoms with Gasteiger partial charge in [0.05, 0.1) is 12.1 Å². The number of rotatable bonds is 6. The number of fused-ring (bicyclic) bond motifs is 1. The van der Waals surface area contributed by atoms with Crippen LogP contribution in [-0.4, -0.2) is 36.5 Å². The first-order chi connectivity index (χ1) is 13.4. The SMILES string of the molecule is CCCc1ccc2c(c1)C(/N=C(/N)N(C=O)C(C)C)[C@]1(CC[C@H](OC)CC1)C2. The Morgan fingerprint density at radius 3 is 2.68 bits per heavy atom. The van der Waals surface area contributed by atoms with Crippen LogP contribution in [0.2, 0.25) is 0 Å². The van der Waals surface area contributed by atoms with Crippen molar-refractivity contribution in [2.24, 2.45) is 16.1 Å². The molecule has 5 heteroatoms. The topological polar surface area (TPSA) is 67.9 Å². The fourth-order valence-corrected chi connectivity index (χ4v) is 5.01. The number of aliphatic imine (C=N–C) groups is 1. The van der Waals surface area contributed by atoms with E-state index >= 15 is 0 Å². The van der Waals surface area contributed by atoms with Crippen molar-refractivity contribution >= 4 is 12.4 Å². The zero-order valence-corrected chi connectivity index (χ0v) is 17.8. The molecule has 1 atom stereocenters. The lowest BCUT2D eigenvalue weighted by molar-refractivity contribution is -0.115. The molecule has 0 heterocycles. The van der Waals surface area contributed by atoms with E-state index in [4.69, 9.17) is 15.5 Å². The van der Waals surface area contributed by atoms with E-state index in [2.05, 4.69) is 25.1 Å². The van der Waals surface area contributed by atoms with Gasteiger partial charge in [-0.1, -0.05) is 31.5 Å². The number of hydrogen-bond acceptors (Lipinski definition) is 3. The van der Waals surface area contributed by atoms with Crippen molar-refractivity contribution in [1.29, 1.82) is 0 Å². The van der Waals surface area contributed by atoms with Gasteiger partial charge in [0.2, 0.25) is 6.41 Å². The van der Waals surface area contributed by atoms with Crippen LogP contribution in [-0.2, 0) is 22.4 Å². The Kier molecular flexibility index (Phi) is 6.43. The van der Waals surface area contributed by atoms with Gasteiger partial charge in [0.1, 0.15) is 0 Å². The summed E-state index contributed by atoms with van der Waals surface area (Å²) in [5.41, 5.74) is 10.5. The van der Waals surface area contributed by atoms with Crippen LogP contribution in [0.1, 0.15) is 75.6 Å². The van der Waals surface area contributed by atoms with Crippen LogP contribution in [0, 0.1) is 5.41 Å². The van der Waals surface area contributed by atoms with Gasteiger partial charge in [0.15, 0.2) is 5.96 Å². The van der Waals surface area contributed by atoms with Crippen LogP contribution in [0.25, 0.3) is 0 Å². The second-order valence-corrected chi connectivity index (χ2v) is 8.75. The average Bonchev–Trinajstić information content (AvgIpc) is 2.96. The van der Waals surface area contributed by atoms with Gasteiger partial charge in [0, 0.05) is 18.6 Å². The van der Waals surface area contributed by atoms with E-state index in [9.17, 15) is 4.79 Å². The molecule has 1 fully saturated rings. The van der Waals surface area contributed by atoms with E-state index in [1.165, 1.54) is 21.6 Å². The number of amides is 1. The molecule has 2 aliphatic rings. The van der Waals surface area contributed by atoms with Gasteiger partial charge in [-0.3, -0.25) is 9.69 Å². The molecule has 0 radical (unpaired) electrons. The number of ether oxygens (including phenoxy) is 1. The lowest BCUT2D eigenvalue weighted by atomic mass is 9.68. The number of nitrogens with two attached hydrogens (primary N) is 1. The Hall–Kier alpha value is -1.88. The van der Waals surface area contributed by atoms with Gasteiger partial charge in [-0.15, -0.1) is 0 Å². The molecular weight excluding hydrogens is 350 g/mol. The molecule has 1 amide bonds. The Labute approximate surface area is 169 Å². The van der Waals surface area contributed by atoms with Crippen molar-refractivity contribution in [3.05, 3.63) is 34.9 Å². The van der Waals surface area contributed by atoms with Crippen molar-refractivity contribution in [3.63, 3.8) is 0 Å². The number of benzene rings is 1. The summed E-state index contributed by atoms with van der Waals surface area (Å²) in [6.45, 7) is 6.12. The zero-order chi connectivity index (χ0) is 20.3. The first-order valence-corrected chi connectivity index (χ1v) is 10.7. The van der Waals surface area contributed by atoms with E-state index in [-0.39, 0.29) is 17.5 Å². The molecule has 0 aliphatic heterocycles. The van der Waals surface area contributed by atoms with Crippen molar-refractivity contribution < 1.29 is 9.53 Å². The maximum atomic E-state index is 11.5. The summed E-state index contributed by atoms with van der Waals surface area (Å²) in [5, 5.41) is 0. The lowest BCUT2D eigenvalue weighted by Crippen LogP contribution is -2.42. The molecule has 3 rings (SSSR count). The second kappa shape index (κ2) is 8.64. The second-order valence-electron chi connectivity index (χ2n) is 8.75. The summed E-state index contributed by atoms with van der Waals surface area (Å²) in [6, 6.07) is 6.89. The summed E-state index contributed by atoms with van der Waals surface area (Å²) in [4.78, 5) is 18.1. The third kappa shape index (κ3) is 3.95. The number of methoxy groups -OCH3 is 1.